The molecule has 1 aromatic heterocycles. The maximum atomic E-state index is 6.03. The molecule has 114 valence electrons. The normalized spacial score (nSPS) is 23.7. The first-order valence-electron chi connectivity index (χ1n) is 8.09. The summed E-state index contributed by atoms with van der Waals surface area (Å²) >= 11 is 1.85. The van der Waals surface area contributed by atoms with Crippen molar-refractivity contribution in [1.29, 1.82) is 0 Å². The molecule has 0 bridgehead atoms. The number of thiophene rings is 1. The zero-order valence-electron chi connectivity index (χ0n) is 13.0. The van der Waals surface area contributed by atoms with Gasteiger partial charge in [0.25, 0.3) is 0 Å². The van der Waals surface area contributed by atoms with Crippen molar-refractivity contribution >= 4 is 21.4 Å². The van der Waals surface area contributed by atoms with Gasteiger partial charge in [0.15, 0.2) is 0 Å². The molecular formula is C18H25NOS. The van der Waals surface area contributed by atoms with Crippen molar-refractivity contribution < 1.29 is 4.74 Å². The van der Waals surface area contributed by atoms with E-state index in [2.05, 4.69) is 48.8 Å². The van der Waals surface area contributed by atoms with Gasteiger partial charge >= 0.3 is 0 Å². The molecule has 3 heteroatoms. The van der Waals surface area contributed by atoms with Crippen molar-refractivity contribution in [3.05, 3.63) is 35.2 Å². The molecule has 1 saturated heterocycles. The van der Waals surface area contributed by atoms with Crippen LogP contribution < -0.4 is 5.32 Å². The largest absolute Gasteiger partial charge is 0.376 e. The van der Waals surface area contributed by atoms with Gasteiger partial charge in [-0.05, 0) is 54.1 Å². The van der Waals surface area contributed by atoms with E-state index in [9.17, 15) is 0 Å². The van der Waals surface area contributed by atoms with Gasteiger partial charge in [0, 0.05) is 17.3 Å². The molecule has 1 aliphatic heterocycles. The molecule has 1 N–H and O–H groups in total. The monoisotopic (exact) mass is 303 g/mol. The lowest BCUT2D eigenvalue weighted by Gasteiger charge is -2.27. The Morgan fingerprint density at radius 2 is 2.24 bits per heavy atom. The molecule has 1 fully saturated rings. The average molecular weight is 303 g/mol. The van der Waals surface area contributed by atoms with Gasteiger partial charge < -0.3 is 10.1 Å². The number of rotatable bonds is 6. The van der Waals surface area contributed by atoms with Crippen molar-refractivity contribution in [2.75, 3.05) is 13.2 Å². The topological polar surface area (TPSA) is 21.3 Å². The minimum atomic E-state index is 0.357. The van der Waals surface area contributed by atoms with E-state index < -0.39 is 0 Å². The third kappa shape index (κ3) is 3.31. The Kier molecular flexibility index (Phi) is 4.94. The zero-order valence-corrected chi connectivity index (χ0v) is 13.8. The summed E-state index contributed by atoms with van der Waals surface area (Å²) < 4.78 is 7.42. The van der Waals surface area contributed by atoms with Gasteiger partial charge in [-0.2, -0.15) is 0 Å². The van der Waals surface area contributed by atoms with Crippen LogP contribution in [0.5, 0.6) is 0 Å². The van der Waals surface area contributed by atoms with Crippen LogP contribution in [0.1, 0.15) is 32.3 Å². The van der Waals surface area contributed by atoms with E-state index >= 15 is 0 Å². The van der Waals surface area contributed by atoms with Crippen LogP contribution in [-0.4, -0.2) is 25.3 Å². The minimum absolute atomic E-state index is 0.357. The lowest BCUT2D eigenvalue weighted by Crippen LogP contribution is -2.44. The molecule has 0 saturated carbocycles. The van der Waals surface area contributed by atoms with Crippen LogP contribution in [0.3, 0.4) is 0 Å². The van der Waals surface area contributed by atoms with Gasteiger partial charge in [0.1, 0.15) is 0 Å². The van der Waals surface area contributed by atoms with Gasteiger partial charge in [0.2, 0.25) is 0 Å². The maximum Gasteiger partial charge on any atom is 0.0757 e. The fourth-order valence-electron chi connectivity index (χ4n) is 3.29. The number of hydrogen-bond donors (Lipinski definition) is 1. The number of fused-ring (bicyclic) bond motifs is 1. The van der Waals surface area contributed by atoms with E-state index in [-0.39, 0.29) is 0 Å². The van der Waals surface area contributed by atoms with E-state index in [1.165, 1.54) is 28.5 Å². The van der Waals surface area contributed by atoms with E-state index in [0.717, 1.165) is 19.6 Å². The number of nitrogens with one attached hydrogen (secondary N) is 1. The first-order chi connectivity index (χ1) is 10.3. The van der Waals surface area contributed by atoms with Crippen LogP contribution in [0.15, 0.2) is 29.6 Å². The SMILES string of the molecule is CCCNC(Cc1csc2ccccc12)C1OCCC1C. The first-order valence-corrected chi connectivity index (χ1v) is 8.97. The Bertz CT molecular complexity index is 579. The summed E-state index contributed by atoms with van der Waals surface area (Å²) in [6.45, 7) is 6.53. The smallest absolute Gasteiger partial charge is 0.0757 e. The summed E-state index contributed by atoms with van der Waals surface area (Å²) in [5.74, 6) is 0.657. The fraction of sp³-hybridized carbons (Fsp3) is 0.556. The van der Waals surface area contributed by atoms with Crippen molar-refractivity contribution in [3.63, 3.8) is 0 Å². The molecule has 2 nitrogen and oxygen atoms in total. The Hall–Kier alpha value is -0.900. The van der Waals surface area contributed by atoms with Gasteiger partial charge in [-0.25, -0.2) is 0 Å². The van der Waals surface area contributed by atoms with Crippen LogP contribution in [0.2, 0.25) is 0 Å². The van der Waals surface area contributed by atoms with E-state index in [0.29, 0.717) is 18.1 Å². The highest BCUT2D eigenvalue weighted by atomic mass is 32.1. The predicted octanol–water partition coefficient (Wildman–Crippen LogP) is 4.24. The summed E-state index contributed by atoms with van der Waals surface area (Å²) in [4.78, 5) is 0. The van der Waals surface area contributed by atoms with E-state index in [4.69, 9.17) is 4.74 Å². The van der Waals surface area contributed by atoms with Crippen molar-refractivity contribution in [2.24, 2.45) is 5.92 Å². The molecule has 0 radical (unpaired) electrons. The van der Waals surface area contributed by atoms with Crippen molar-refractivity contribution in [3.8, 4) is 0 Å². The highest BCUT2D eigenvalue weighted by Crippen LogP contribution is 2.30. The second-order valence-electron chi connectivity index (χ2n) is 6.12. The Morgan fingerprint density at radius 3 is 3.00 bits per heavy atom. The molecule has 1 aliphatic rings. The highest BCUT2D eigenvalue weighted by Gasteiger charge is 2.32. The lowest BCUT2D eigenvalue weighted by molar-refractivity contribution is 0.0611. The molecular weight excluding hydrogens is 278 g/mol. The molecule has 21 heavy (non-hydrogen) atoms. The quantitative estimate of drug-likeness (QED) is 0.862. The number of benzene rings is 1. The predicted molar refractivity (Wildman–Crippen MR) is 91.1 cm³/mol. The molecule has 2 aromatic rings. The third-order valence-electron chi connectivity index (χ3n) is 4.50. The summed E-state index contributed by atoms with van der Waals surface area (Å²) in [6.07, 6.45) is 3.79. The molecule has 0 aliphatic carbocycles. The highest BCUT2D eigenvalue weighted by molar-refractivity contribution is 7.17. The summed E-state index contributed by atoms with van der Waals surface area (Å²) in [6, 6.07) is 9.16. The fourth-order valence-corrected chi connectivity index (χ4v) is 4.27. The summed E-state index contributed by atoms with van der Waals surface area (Å²) in [5.41, 5.74) is 1.46. The van der Waals surface area contributed by atoms with Gasteiger partial charge in [-0.1, -0.05) is 32.0 Å². The van der Waals surface area contributed by atoms with Crippen molar-refractivity contribution in [1.82, 2.24) is 5.32 Å². The van der Waals surface area contributed by atoms with Crippen LogP contribution in [-0.2, 0) is 11.2 Å². The number of ether oxygens (including phenoxy) is 1. The van der Waals surface area contributed by atoms with Crippen LogP contribution >= 0.6 is 11.3 Å². The Morgan fingerprint density at radius 1 is 1.38 bits per heavy atom. The first kappa shape index (κ1) is 15.0. The van der Waals surface area contributed by atoms with Gasteiger partial charge in [0.05, 0.1) is 6.10 Å². The molecule has 3 unspecified atom stereocenters. The Labute approximate surface area is 131 Å². The minimum Gasteiger partial charge on any atom is -0.376 e. The number of hydrogen-bond acceptors (Lipinski definition) is 3. The van der Waals surface area contributed by atoms with Gasteiger partial charge in [-0.3, -0.25) is 0 Å². The summed E-state index contributed by atoms with van der Waals surface area (Å²) in [5, 5.41) is 7.46. The Balaban J connectivity index is 1.80. The lowest BCUT2D eigenvalue weighted by atomic mass is 9.92. The second kappa shape index (κ2) is 6.91. The zero-order chi connectivity index (χ0) is 14.7. The molecule has 3 rings (SSSR count). The molecule has 0 spiro atoms. The molecule has 1 aromatic carbocycles. The van der Waals surface area contributed by atoms with Crippen molar-refractivity contribution in [2.45, 2.75) is 45.3 Å². The van der Waals surface area contributed by atoms with Gasteiger partial charge in [-0.15, -0.1) is 11.3 Å². The standard InChI is InChI=1S/C18H25NOS/c1-3-9-19-16(18-13(2)8-10-20-18)11-14-12-21-17-7-5-4-6-15(14)17/h4-7,12-13,16,18-19H,3,8-11H2,1-2H3. The second-order valence-corrected chi connectivity index (χ2v) is 7.03. The summed E-state index contributed by atoms with van der Waals surface area (Å²) in [7, 11) is 0. The van der Waals surface area contributed by atoms with Crippen LogP contribution in [0.4, 0.5) is 0 Å². The van der Waals surface area contributed by atoms with E-state index in [1.54, 1.807) is 0 Å². The molecule has 2 heterocycles. The van der Waals surface area contributed by atoms with E-state index in [1.807, 2.05) is 11.3 Å². The molecule has 0 amide bonds. The average Bonchev–Trinajstić information content (AvgIpc) is 3.10. The third-order valence-corrected chi connectivity index (χ3v) is 5.51. The molecule has 3 atom stereocenters. The van der Waals surface area contributed by atoms with Crippen LogP contribution in [0, 0.1) is 5.92 Å². The maximum absolute atomic E-state index is 6.03. The van der Waals surface area contributed by atoms with Crippen LogP contribution in [0.25, 0.3) is 10.1 Å².